The van der Waals surface area contributed by atoms with Crippen molar-refractivity contribution in [1.29, 1.82) is 0 Å². The van der Waals surface area contributed by atoms with Gasteiger partial charge in [-0.3, -0.25) is 0 Å². The van der Waals surface area contributed by atoms with E-state index < -0.39 is 0 Å². The van der Waals surface area contributed by atoms with Gasteiger partial charge in [0.1, 0.15) is 11.3 Å². The maximum Gasteiger partial charge on any atom is 0.341 e. The van der Waals surface area contributed by atoms with Gasteiger partial charge in [-0.25, -0.2) is 4.79 Å². The van der Waals surface area contributed by atoms with Crippen LogP contribution in [0.2, 0.25) is 0 Å². The fourth-order valence-electron chi connectivity index (χ4n) is 1.68. The van der Waals surface area contributed by atoms with Crippen LogP contribution in [-0.4, -0.2) is 19.2 Å². The molecule has 0 aliphatic rings. The van der Waals surface area contributed by atoms with Crippen LogP contribution < -0.4 is 4.74 Å². The number of esters is 1. The molecule has 0 unspecified atom stereocenters. The number of ether oxygens (including phenoxy) is 2. The summed E-state index contributed by atoms with van der Waals surface area (Å²) in [6.45, 7) is 5.35. The van der Waals surface area contributed by atoms with Gasteiger partial charge in [-0.15, -0.1) is 0 Å². The number of carbonyl (C=O) groups excluding carboxylic acids is 1. The van der Waals surface area contributed by atoms with Gasteiger partial charge in [0.05, 0.1) is 13.2 Å². The summed E-state index contributed by atoms with van der Waals surface area (Å²) in [6.07, 6.45) is 5.18. The smallest absolute Gasteiger partial charge is 0.341 e. The van der Waals surface area contributed by atoms with E-state index in [0.29, 0.717) is 24.5 Å². The van der Waals surface area contributed by atoms with Gasteiger partial charge in [-0.2, -0.15) is 0 Å². The zero-order valence-electron chi connectivity index (χ0n) is 12.0. The largest absolute Gasteiger partial charge is 0.493 e. The molecule has 0 radical (unpaired) electrons. The molecule has 0 N–H and O–H groups in total. The van der Waals surface area contributed by atoms with Crippen molar-refractivity contribution in [1.82, 2.24) is 0 Å². The van der Waals surface area contributed by atoms with Gasteiger partial charge in [0.15, 0.2) is 0 Å². The monoisotopic (exact) mass is 264 g/mol. The highest BCUT2D eigenvalue weighted by atomic mass is 16.5. The second kappa shape index (κ2) is 9.42. The molecule has 1 aromatic carbocycles. The molecule has 106 valence electrons. The van der Waals surface area contributed by atoms with E-state index in [9.17, 15) is 4.79 Å². The van der Waals surface area contributed by atoms with E-state index in [1.54, 1.807) is 6.07 Å². The fraction of sp³-hybridized carbons (Fsp3) is 0.562. The Labute approximate surface area is 115 Å². The first-order valence-corrected chi connectivity index (χ1v) is 7.18. The van der Waals surface area contributed by atoms with Gasteiger partial charge in [-0.1, -0.05) is 45.2 Å². The summed E-state index contributed by atoms with van der Waals surface area (Å²) in [5.74, 6) is 0.333. The van der Waals surface area contributed by atoms with Gasteiger partial charge >= 0.3 is 5.97 Å². The van der Waals surface area contributed by atoms with Crippen molar-refractivity contribution in [3.8, 4) is 5.75 Å². The van der Waals surface area contributed by atoms with Crippen LogP contribution in [0, 0.1) is 0 Å². The topological polar surface area (TPSA) is 35.5 Å². The van der Waals surface area contributed by atoms with Gasteiger partial charge in [0.25, 0.3) is 0 Å². The van der Waals surface area contributed by atoms with Crippen molar-refractivity contribution in [2.24, 2.45) is 0 Å². The third-order valence-electron chi connectivity index (χ3n) is 2.84. The molecule has 0 amide bonds. The number of benzene rings is 1. The normalized spacial score (nSPS) is 10.2. The van der Waals surface area contributed by atoms with Crippen molar-refractivity contribution in [3.05, 3.63) is 29.8 Å². The lowest BCUT2D eigenvalue weighted by atomic mass is 10.2. The van der Waals surface area contributed by atoms with Crippen molar-refractivity contribution in [3.63, 3.8) is 0 Å². The molecule has 1 aromatic rings. The van der Waals surface area contributed by atoms with E-state index >= 15 is 0 Å². The molecule has 0 saturated heterocycles. The van der Waals surface area contributed by atoms with Gasteiger partial charge < -0.3 is 9.47 Å². The van der Waals surface area contributed by atoms with Crippen LogP contribution in [0.4, 0.5) is 0 Å². The first kappa shape index (κ1) is 15.5. The summed E-state index contributed by atoms with van der Waals surface area (Å²) in [4.78, 5) is 12.0. The van der Waals surface area contributed by atoms with Crippen LogP contribution in [0.1, 0.15) is 56.3 Å². The lowest BCUT2D eigenvalue weighted by Crippen LogP contribution is -2.09. The van der Waals surface area contributed by atoms with Crippen molar-refractivity contribution >= 4 is 5.97 Å². The molecule has 0 fully saturated rings. The molecule has 0 aliphatic carbocycles. The lowest BCUT2D eigenvalue weighted by Gasteiger charge is -2.10. The number of carbonyl (C=O) groups is 1. The standard InChI is InChI=1S/C16H24O3/c1-3-5-9-13-19-16(17)14-10-7-8-11-15(14)18-12-6-4-2/h7-8,10-11H,3-6,9,12-13H2,1-2H3. The summed E-state index contributed by atoms with van der Waals surface area (Å²) in [6, 6.07) is 7.27. The zero-order chi connectivity index (χ0) is 13.9. The molecule has 0 bridgehead atoms. The van der Waals surface area contributed by atoms with Gasteiger partial charge in [0.2, 0.25) is 0 Å². The second-order valence-corrected chi connectivity index (χ2v) is 4.54. The Morgan fingerprint density at radius 1 is 1.00 bits per heavy atom. The molecule has 0 spiro atoms. The lowest BCUT2D eigenvalue weighted by molar-refractivity contribution is 0.0493. The first-order valence-electron chi connectivity index (χ1n) is 7.18. The number of hydrogen-bond donors (Lipinski definition) is 0. The van der Waals surface area contributed by atoms with Gasteiger partial charge in [-0.05, 0) is 25.0 Å². The van der Waals surface area contributed by atoms with E-state index in [1.807, 2.05) is 18.2 Å². The molecule has 0 aliphatic heterocycles. The highest BCUT2D eigenvalue weighted by Gasteiger charge is 2.13. The molecule has 3 nitrogen and oxygen atoms in total. The Bertz CT molecular complexity index is 374. The predicted molar refractivity (Wildman–Crippen MR) is 76.7 cm³/mol. The van der Waals surface area contributed by atoms with Crippen LogP contribution in [0.15, 0.2) is 24.3 Å². The molecule has 0 atom stereocenters. The number of unbranched alkanes of at least 4 members (excludes halogenated alkanes) is 3. The maximum atomic E-state index is 12.0. The average Bonchev–Trinajstić information content (AvgIpc) is 2.44. The number of rotatable bonds is 9. The Morgan fingerprint density at radius 3 is 2.47 bits per heavy atom. The molecule has 19 heavy (non-hydrogen) atoms. The van der Waals surface area contributed by atoms with E-state index in [4.69, 9.17) is 9.47 Å². The first-order chi connectivity index (χ1) is 9.29. The predicted octanol–water partition coefficient (Wildman–Crippen LogP) is 4.21. The molecule has 0 aromatic heterocycles. The number of hydrogen-bond acceptors (Lipinski definition) is 3. The molecule has 0 saturated carbocycles. The van der Waals surface area contributed by atoms with E-state index in [2.05, 4.69) is 13.8 Å². The quantitative estimate of drug-likeness (QED) is 0.495. The highest BCUT2D eigenvalue weighted by Crippen LogP contribution is 2.19. The minimum atomic E-state index is -0.289. The fourth-order valence-corrected chi connectivity index (χ4v) is 1.68. The summed E-state index contributed by atoms with van der Waals surface area (Å²) < 4.78 is 10.9. The SMILES string of the molecule is CCCCCOC(=O)c1ccccc1OCCCC. The van der Waals surface area contributed by atoms with Crippen LogP contribution in [0.5, 0.6) is 5.75 Å². The van der Waals surface area contributed by atoms with E-state index in [0.717, 1.165) is 32.1 Å². The highest BCUT2D eigenvalue weighted by molar-refractivity contribution is 5.92. The zero-order valence-corrected chi connectivity index (χ0v) is 12.0. The Kier molecular flexibility index (Phi) is 7.71. The van der Waals surface area contributed by atoms with Crippen LogP contribution in [0.25, 0.3) is 0 Å². The van der Waals surface area contributed by atoms with Crippen LogP contribution >= 0.6 is 0 Å². The van der Waals surface area contributed by atoms with Crippen molar-refractivity contribution < 1.29 is 14.3 Å². The Morgan fingerprint density at radius 2 is 1.74 bits per heavy atom. The summed E-state index contributed by atoms with van der Waals surface area (Å²) >= 11 is 0. The minimum absolute atomic E-state index is 0.289. The van der Waals surface area contributed by atoms with Crippen LogP contribution in [0.3, 0.4) is 0 Å². The number of para-hydroxylation sites is 1. The summed E-state index contributed by atoms with van der Waals surface area (Å²) in [7, 11) is 0. The van der Waals surface area contributed by atoms with Crippen LogP contribution in [-0.2, 0) is 4.74 Å². The molecule has 3 heteroatoms. The molecule has 1 rings (SSSR count). The van der Waals surface area contributed by atoms with E-state index in [-0.39, 0.29) is 5.97 Å². The van der Waals surface area contributed by atoms with E-state index in [1.165, 1.54) is 0 Å². The molecule has 0 heterocycles. The summed E-state index contributed by atoms with van der Waals surface area (Å²) in [5.41, 5.74) is 0.523. The van der Waals surface area contributed by atoms with Crippen molar-refractivity contribution in [2.45, 2.75) is 46.0 Å². The van der Waals surface area contributed by atoms with Crippen molar-refractivity contribution in [2.75, 3.05) is 13.2 Å². The average molecular weight is 264 g/mol. The van der Waals surface area contributed by atoms with Gasteiger partial charge in [0, 0.05) is 0 Å². The second-order valence-electron chi connectivity index (χ2n) is 4.54. The maximum absolute atomic E-state index is 12.0. The Hall–Kier alpha value is -1.51. The molecular weight excluding hydrogens is 240 g/mol. The summed E-state index contributed by atoms with van der Waals surface area (Å²) in [5, 5.41) is 0. The molecular formula is C16H24O3. The minimum Gasteiger partial charge on any atom is -0.493 e. The third kappa shape index (κ3) is 5.77. The third-order valence-corrected chi connectivity index (χ3v) is 2.84. The Balaban J connectivity index is 2.52.